The van der Waals surface area contributed by atoms with Crippen LogP contribution in [-0.2, 0) is 9.53 Å². The number of carbonyl (C=O) groups excluding carboxylic acids is 1. The van der Waals surface area contributed by atoms with Gasteiger partial charge in [-0.1, -0.05) is 33.8 Å². The highest BCUT2D eigenvalue weighted by atomic mass is 16.5. The molecule has 0 bridgehead atoms. The molecule has 1 aliphatic rings. The Morgan fingerprint density at radius 2 is 1.56 bits per heavy atom. The minimum absolute atomic E-state index is 0.280. The van der Waals surface area contributed by atoms with E-state index in [-0.39, 0.29) is 5.97 Å². The van der Waals surface area contributed by atoms with Crippen molar-refractivity contribution >= 4 is 5.97 Å². The van der Waals surface area contributed by atoms with Crippen LogP contribution in [0.5, 0.6) is 0 Å². The first-order valence-electron chi connectivity index (χ1n) is 5.56. The van der Waals surface area contributed by atoms with Crippen LogP contribution in [0, 0.1) is 29.6 Å². The molecule has 1 rings (SSSR count). The lowest BCUT2D eigenvalue weighted by molar-refractivity contribution is -0.137. The molecule has 2 heteroatoms. The fourth-order valence-electron chi connectivity index (χ4n) is 1.84. The number of ether oxygens (including phenoxy) is 1. The van der Waals surface area contributed by atoms with Crippen molar-refractivity contribution in [2.24, 2.45) is 0 Å². The molecule has 0 spiro atoms. The fourth-order valence-corrected chi connectivity index (χ4v) is 1.84. The molecule has 0 heterocycles. The molecule has 87 valence electrons. The molecular formula is C14H19O2. The predicted molar refractivity (Wildman–Crippen MR) is 64.7 cm³/mol. The lowest BCUT2D eigenvalue weighted by Gasteiger charge is -2.14. The van der Waals surface area contributed by atoms with E-state index in [2.05, 4.69) is 27.7 Å². The molecule has 16 heavy (non-hydrogen) atoms. The summed E-state index contributed by atoms with van der Waals surface area (Å²) in [5.41, 5.74) is 0. The fraction of sp³-hybridized carbons (Fsp3) is 0.429. The van der Waals surface area contributed by atoms with Crippen molar-refractivity contribution in [3.05, 3.63) is 41.7 Å². The molecule has 0 unspecified atom stereocenters. The molecule has 0 aliphatic heterocycles. The van der Waals surface area contributed by atoms with E-state index >= 15 is 0 Å². The van der Waals surface area contributed by atoms with Crippen molar-refractivity contribution < 1.29 is 9.53 Å². The lowest BCUT2D eigenvalue weighted by atomic mass is 9.89. The van der Waals surface area contributed by atoms with Gasteiger partial charge in [-0.3, -0.25) is 0 Å². The zero-order valence-electron chi connectivity index (χ0n) is 10.7. The molecule has 2 nitrogen and oxygen atoms in total. The van der Waals surface area contributed by atoms with Gasteiger partial charge in [-0.2, -0.15) is 0 Å². The molecule has 0 aromatic rings. The van der Waals surface area contributed by atoms with E-state index in [0.29, 0.717) is 6.61 Å². The van der Waals surface area contributed by atoms with Crippen LogP contribution < -0.4 is 0 Å². The molecule has 0 aromatic carbocycles. The Labute approximate surface area is 99.1 Å². The van der Waals surface area contributed by atoms with Gasteiger partial charge in [0.05, 0.1) is 6.61 Å². The molecule has 1 saturated carbocycles. The number of hydrogen-bond donors (Lipinski definition) is 0. The average molecular weight is 219 g/mol. The smallest absolute Gasteiger partial charge is 0.330 e. The van der Waals surface area contributed by atoms with Gasteiger partial charge in [0.1, 0.15) is 0 Å². The summed E-state index contributed by atoms with van der Waals surface area (Å²) in [6, 6.07) is 0. The first-order valence-corrected chi connectivity index (χ1v) is 5.56. The third-order valence-corrected chi connectivity index (χ3v) is 3.17. The van der Waals surface area contributed by atoms with Gasteiger partial charge in [0.15, 0.2) is 0 Å². The van der Waals surface area contributed by atoms with E-state index in [1.54, 1.807) is 6.92 Å². The Morgan fingerprint density at radius 3 is 2.00 bits per heavy atom. The van der Waals surface area contributed by atoms with Crippen LogP contribution in [0.3, 0.4) is 0 Å². The maximum absolute atomic E-state index is 11.2. The highest BCUT2D eigenvalue weighted by Gasteiger charge is 2.42. The first-order chi connectivity index (χ1) is 7.49. The second-order valence-electron chi connectivity index (χ2n) is 4.00. The van der Waals surface area contributed by atoms with Gasteiger partial charge in [-0.25, -0.2) is 4.79 Å². The molecule has 1 aliphatic carbocycles. The first kappa shape index (κ1) is 13.3. The second kappa shape index (κ2) is 5.51. The summed E-state index contributed by atoms with van der Waals surface area (Å²) in [5.74, 6) is 5.97. The van der Waals surface area contributed by atoms with Crippen molar-refractivity contribution in [3.63, 3.8) is 0 Å². The van der Waals surface area contributed by atoms with Gasteiger partial charge in [0.2, 0.25) is 0 Å². The number of hydrogen-bond acceptors (Lipinski definition) is 2. The Hall–Kier alpha value is -0.790. The molecule has 5 radical (unpaired) electrons. The van der Waals surface area contributed by atoms with Crippen LogP contribution in [0.15, 0.2) is 12.2 Å². The van der Waals surface area contributed by atoms with Crippen LogP contribution in [0.25, 0.3) is 0 Å². The summed E-state index contributed by atoms with van der Waals surface area (Å²) >= 11 is 0. The van der Waals surface area contributed by atoms with Crippen LogP contribution in [0.2, 0.25) is 0 Å². The monoisotopic (exact) mass is 219 g/mol. The normalized spacial score (nSPS) is 22.3. The van der Waals surface area contributed by atoms with Crippen molar-refractivity contribution in [2.75, 3.05) is 6.61 Å². The summed E-state index contributed by atoms with van der Waals surface area (Å²) in [7, 11) is 0. The molecule has 0 N–H and O–H groups in total. The van der Waals surface area contributed by atoms with Gasteiger partial charge in [0, 0.05) is 12.0 Å². The summed E-state index contributed by atoms with van der Waals surface area (Å²) in [6.07, 6.45) is 3.35. The minimum Gasteiger partial charge on any atom is -0.463 e. The molecule has 0 atom stereocenters. The highest BCUT2D eigenvalue weighted by Crippen LogP contribution is 2.52. The molecule has 0 saturated heterocycles. The summed E-state index contributed by atoms with van der Waals surface area (Å²) in [6.45, 7) is 10.6. The molecule has 0 amide bonds. The van der Waals surface area contributed by atoms with Crippen LogP contribution in [0.1, 0.15) is 34.6 Å². The van der Waals surface area contributed by atoms with Crippen molar-refractivity contribution in [2.45, 2.75) is 34.6 Å². The highest BCUT2D eigenvalue weighted by molar-refractivity contribution is 5.83. The molecule has 0 aromatic heterocycles. The number of esters is 1. The van der Waals surface area contributed by atoms with Crippen molar-refractivity contribution in [1.29, 1.82) is 0 Å². The quantitative estimate of drug-likeness (QED) is 0.538. The Kier molecular flexibility index (Phi) is 4.57. The van der Waals surface area contributed by atoms with Crippen LogP contribution in [-0.4, -0.2) is 12.6 Å². The van der Waals surface area contributed by atoms with Gasteiger partial charge in [-0.05, 0) is 30.6 Å². The summed E-state index contributed by atoms with van der Waals surface area (Å²) in [5, 5.41) is 0. The molecular weight excluding hydrogens is 200 g/mol. The maximum atomic E-state index is 11.2. The van der Waals surface area contributed by atoms with Crippen molar-refractivity contribution in [1.82, 2.24) is 0 Å². The van der Waals surface area contributed by atoms with Crippen LogP contribution >= 0.6 is 0 Å². The number of allylic oxidation sites excluding steroid dienone is 1. The van der Waals surface area contributed by atoms with E-state index in [9.17, 15) is 4.79 Å². The Bertz CT molecular complexity index is 256. The number of rotatable bonds is 3. The minimum atomic E-state index is -0.280. The molecule has 1 fully saturated rings. The zero-order valence-corrected chi connectivity index (χ0v) is 10.7. The SMILES string of the molecule is CCOC(=O)/C=C/[C]1[C](C)[C](C)[C](C)[C]1C. The van der Waals surface area contributed by atoms with Crippen molar-refractivity contribution in [3.8, 4) is 0 Å². The van der Waals surface area contributed by atoms with Gasteiger partial charge in [-0.15, -0.1) is 0 Å². The Morgan fingerprint density at radius 1 is 1.06 bits per heavy atom. The van der Waals surface area contributed by atoms with Crippen LogP contribution in [0.4, 0.5) is 0 Å². The largest absolute Gasteiger partial charge is 0.463 e. The third kappa shape index (κ3) is 2.66. The predicted octanol–water partition coefficient (Wildman–Crippen LogP) is 3.07. The average Bonchev–Trinajstić information content (AvgIpc) is 2.42. The topological polar surface area (TPSA) is 26.3 Å². The second-order valence-corrected chi connectivity index (χ2v) is 4.00. The summed E-state index contributed by atoms with van der Waals surface area (Å²) in [4.78, 5) is 11.2. The third-order valence-electron chi connectivity index (χ3n) is 3.17. The van der Waals surface area contributed by atoms with E-state index in [1.807, 2.05) is 6.08 Å². The lowest BCUT2D eigenvalue weighted by Crippen LogP contribution is -2.06. The number of carbonyl (C=O) groups is 1. The Balaban J connectivity index is 2.64. The van der Waals surface area contributed by atoms with E-state index in [4.69, 9.17) is 4.74 Å². The van der Waals surface area contributed by atoms with Gasteiger partial charge in [0.25, 0.3) is 0 Å². The van der Waals surface area contributed by atoms with Gasteiger partial charge < -0.3 is 4.74 Å². The zero-order chi connectivity index (χ0) is 12.3. The maximum Gasteiger partial charge on any atom is 0.330 e. The standard InChI is InChI=1S/C14H19O2/c1-6-16-14(15)8-7-13-11(4)9(2)10(3)12(13)5/h7-8H,6H2,1-5H3/b8-7+. The van der Waals surface area contributed by atoms with E-state index < -0.39 is 0 Å². The van der Waals surface area contributed by atoms with Gasteiger partial charge >= 0.3 is 5.97 Å². The summed E-state index contributed by atoms with van der Waals surface area (Å²) < 4.78 is 4.85. The van der Waals surface area contributed by atoms with E-state index in [0.717, 1.165) is 5.92 Å². The van der Waals surface area contributed by atoms with E-state index in [1.165, 1.54) is 29.7 Å².